The first-order valence-corrected chi connectivity index (χ1v) is 7.89. The molecule has 22 heavy (non-hydrogen) atoms. The fourth-order valence-electron chi connectivity index (χ4n) is 2.98. The molecule has 0 atom stereocenters. The summed E-state index contributed by atoms with van der Waals surface area (Å²) in [7, 11) is 0. The van der Waals surface area contributed by atoms with Crippen LogP contribution in [0.1, 0.15) is 51.8 Å². The quantitative estimate of drug-likeness (QED) is 0.770. The molecule has 116 valence electrons. The lowest BCUT2D eigenvalue weighted by Crippen LogP contribution is -2.13. The number of ketones is 1. The molecule has 0 bridgehead atoms. The molecule has 0 spiro atoms. The van der Waals surface area contributed by atoms with Gasteiger partial charge in [-0.1, -0.05) is 6.07 Å². The minimum absolute atomic E-state index is 0.0539. The third-order valence-corrected chi connectivity index (χ3v) is 4.55. The van der Waals surface area contributed by atoms with Gasteiger partial charge in [-0.15, -0.1) is 0 Å². The van der Waals surface area contributed by atoms with Crippen LogP contribution in [0.3, 0.4) is 0 Å². The molecule has 1 heterocycles. The predicted octanol–water partition coefficient (Wildman–Crippen LogP) is 4.32. The van der Waals surface area contributed by atoms with E-state index in [1.165, 1.54) is 29.7 Å². The Bertz CT molecular complexity index is 723. The normalized spacial score (nSPS) is 14.2. The second-order valence-corrected chi connectivity index (χ2v) is 6.34. The van der Waals surface area contributed by atoms with Crippen molar-refractivity contribution < 1.29 is 9.53 Å². The van der Waals surface area contributed by atoms with Crippen molar-refractivity contribution in [1.29, 1.82) is 0 Å². The van der Waals surface area contributed by atoms with E-state index in [4.69, 9.17) is 4.74 Å². The number of benzene rings is 1. The van der Waals surface area contributed by atoms with Gasteiger partial charge in [-0.25, -0.2) is 0 Å². The van der Waals surface area contributed by atoms with Crippen molar-refractivity contribution in [2.45, 2.75) is 46.6 Å². The number of nitrogens with zero attached hydrogens (tertiary/aromatic N) is 1. The Balaban J connectivity index is 1.72. The molecule has 2 aromatic rings. The highest BCUT2D eigenvalue weighted by Gasteiger charge is 2.28. The first-order valence-electron chi connectivity index (χ1n) is 7.89. The topological polar surface area (TPSA) is 31.2 Å². The Labute approximate surface area is 131 Å². The number of Topliss-reactive ketones (excluding diaryl/α,β-unsaturated/α-hetero) is 1. The molecule has 0 radical (unpaired) electrons. The highest BCUT2D eigenvalue weighted by atomic mass is 16.5. The van der Waals surface area contributed by atoms with Crippen LogP contribution >= 0.6 is 0 Å². The first-order chi connectivity index (χ1) is 10.5. The molecule has 1 saturated carbocycles. The lowest BCUT2D eigenvalue weighted by atomic mass is 10.1. The van der Waals surface area contributed by atoms with E-state index in [0.29, 0.717) is 6.04 Å². The van der Waals surface area contributed by atoms with E-state index in [1.54, 1.807) is 0 Å². The van der Waals surface area contributed by atoms with Crippen molar-refractivity contribution in [2.24, 2.45) is 0 Å². The van der Waals surface area contributed by atoms with Gasteiger partial charge in [-0.05, 0) is 69.9 Å². The SMILES string of the molecule is Cc1ccc(OCC(=O)c2cc(C)n(C3CC3)c2C)cc1C. The molecule has 1 fully saturated rings. The van der Waals surface area contributed by atoms with Crippen molar-refractivity contribution in [1.82, 2.24) is 4.57 Å². The number of rotatable bonds is 5. The summed E-state index contributed by atoms with van der Waals surface area (Å²) in [4.78, 5) is 12.5. The molecular formula is C19H23NO2. The third kappa shape index (κ3) is 2.80. The van der Waals surface area contributed by atoms with Crippen LogP contribution in [-0.2, 0) is 0 Å². The van der Waals surface area contributed by atoms with Crippen LogP contribution in [0.5, 0.6) is 5.75 Å². The third-order valence-electron chi connectivity index (χ3n) is 4.55. The van der Waals surface area contributed by atoms with Crippen molar-refractivity contribution in [2.75, 3.05) is 6.61 Å². The number of ether oxygens (including phenoxy) is 1. The van der Waals surface area contributed by atoms with E-state index < -0.39 is 0 Å². The summed E-state index contributed by atoms with van der Waals surface area (Å²) in [5, 5.41) is 0. The molecule has 1 aliphatic carbocycles. The smallest absolute Gasteiger partial charge is 0.202 e. The molecule has 1 aromatic heterocycles. The zero-order chi connectivity index (χ0) is 15.9. The van der Waals surface area contributed by atoms with E-state index in [9.17, 15) is 4.79 Å². The van der Waals surface area contributed by atoms with Crippen molar-refractivity contribution in [3.8, 4) is 5.75 Å². The Morgan fingerprint density at radius 2 is 1.86 bits per heavy atom. The summed E-state index contributed by atoms with van der Waals surface area (Å²) < 4.78 is 7.97. The predicted molar refractivity (Wildman–Crippen MR) is 87.9 cm³/mol. The second-order valence-electron chi connectivity index (χ2n) is 6.34. The highest BCUT2D eigenvalue weighted by Crippen LogP contribution is 2.38. The largest absolute Gasteiger partial charge is 0.485 e. The molecule has 1 aliphatic rings. The van der Waals surface area contributed by atoms with Gasteiger partial charge in [-0.2, -0.15) is 0 Å². The Morgan fingerprint density at radius 1 is 1.14 bits per heavy atom. The summed E-state index contributed by atoms with van der Waals surface area (Å²) in [5.74, 6) is 0.811. The van der Waals surface area contributed by atoms with Gasteiger partial charge in [0.05, 0.1) is 0 Å². The van der Waals surface area contributed by atoms with Gasteiger partial charge in [0.2, 0.25) is 5.78 Å². The zero-order valence-corrected chi connectivity index (χ0v) is 13.8. The number of carbonyl (C=O) groups is 1. The van der Waals surface area contributed by atoms with E-state index >= 15 is 0 Å². The minimum atomic E-state index is 0.0539. The monoisotopic (exact) mass is 297 g/mol. The van der Waals surface area contributed by atoms with Crippen molar-refractivity contribution in [3.63, 3.8) is 0 Å². The van der Waals surface area contributed by atoms with Crippen LogP contribution in [-0.4, -0.2) is 17.0 Å². The number of aromatic nitrogens is 1. The maximum Gasteiger partial charge on any atom is 0.202 e. The number of carbonyl (C=O) groups excluding carboxylic acids is 1. The standard InChI is InChI=1S/C19H23NO2/c1-12-5-8-17(9-13(12)2)22-11-19(21)18-10-14(3)20(15(18)4)16-6-7-16/h5,8-10,16H,6-7,11H2,1-4H3. The number of aryl methyl sites for hydroxylation is 3. The molecular weight excluding hydrogens is 274 g/mol. The fourth-order valence-corrected chi connectivity index (χ4v) is 2.98. The number of hydrogen-bond acceptors (Lipinski definition) is 2. The molecule has 1 aromatic carbocycles. The molecule has 3 nitrogen and oxygen atoms in total. The van der Waals surface area contributed by atoms with Crippen LogP contribution < -0.4 is 4.74 Å². The van der Waals surface area contributed by atoms with E-state index in [1.807, 2.05) is 38.1 Å². The van der Waals surface area contributed by atoms with Gasteiger partial charge in [-0.3, -0.25) is 4.79 Å². The molecule has 0 N–H and O–H groups in total. The van der Waals surface area contributed by atoms with Gasteiger partial charge in [0.15, 0.2) is 6.61 Å². The van der Waals surface area contributed by atoms with E-state index in [0.717, 1.165) is 17.0 Å². The van der Waals surface area contributed by atoms with Gasteiger partial charge >= 0.3 is 0 Å². The second kappa shape index (κ2) is 5.64. The van der Waals surface area contributed by atoms with Gasteiger partial charge < -0.3 is 9.30 Å². The average Bonchev–Trinajstić information content (AvgIpc) is 3.26. The first kappa shape index (κ1) is 14.9. The van der Waals surface area contributed by atoms with Gasteiger partial charge in [0.25, 0.3) is 0 Å². The highest BCUT2D eigenvalue weighted by molar-refractivity contribution is 5.98. The Kier molecular flexibility index (Phi) is 3.81. The van der Waals surface area contributed by atoms with Gasteiger partial charge in [0.1, 0.15) is 5.75 Å². The molecule has 0 unspecified atom stereocenters. The summed E-state index contributed by atoms with van der Waals surface area (Å²) in [5.41, 5.74) is 5.46. The van der Waals surface area contributed by atoms with Crippen LogP contribution in [0, 0.1) is 27.7 Å². The van der Waals surface area contributed by atoms with Crippen LogP contribution in [0.15, 0.2) is 24.3 Å². The van der Waals surface area contributed by atoms with Crippen LogP contribution in [0.4, 0.5) is 0 Å². The van der Waals surface area contributed by atoms with Crippen molar-refractivity contribution >= 4 is 5.78 Å². The maximum absolute atomic E-state index is 12.5. The van der Waals surface area contributed by atoms with E-state index in [2.05, 4.69) is 18.4 Å². The van der Waals surface area contributed by atoms with Crippen LogP contribution in [0.2, 0.25) is 0 Å². The average molecular weight is 297 g/mol. The minimum Gasteiger partial charge on any atom is -0.485 e. The molecule has 0 saturated heterocycles. The van der Waals surface area contributed by atoms with Crippen molar-refractivity contribution in [3.05, 3.63) is 52.3 Å². The maximum atomic E-state index is 12.5. The Hall–Kier alpha value is -2.03. The van der Waals surface area contributed by atoms with Gasteiger partial charge in [0, 0.05) is 23.0 Å². The summed E-state index contributed by atoms with van der Waals surface area (Å²) >= 11 is 0. The summed E-state index contributed by atoms with van der Waals surface area (Å²) in [6, 6.07) is 8.52. The molecule has 3 heteroatoms. The molecule has 3 rings (SSSR count). The molecule has 0 amide bonds. The lowest BCUT2D eigenvalue weighted by Gasteiger charge is -2.09. The summed E-state index contributed by atoms with van der Waals surface area (Å²) in [6.07, 6.45) is 2.45. The number of hydrogen-bond donors (Lipinski definition) is 0. The lowest BCUT2D eigenvalue weighted by molar-refractivity contribution is 0.0920. The molecule has 0 aliphatic heterocycles. The fraction of sp³-hybridized carbons (Fsp3) is 0.421. The summed E-state index contributed by atoms with van der Waals surface area (Å²) in [6.45, 7) is 8.32. The van der Waals surface area contributed by atoms with E-state index in [-0.39, 0.29) is 12.4 Å². The zero-order valence-electron chi connectivity index (χ0n) is 13.8. The van der Waals surface area contributed by atoms with Crippen LogP contribution in [0.25, 0.3) is 0 Å². The Morgan fingerprint density at radius 3 is 2.50 bits per heavy atom.